The first kappa shape index (κ1) is 20.9. The molecule has 154 valence electrons. The zero-order valence-corrected chi connectivity index (χ0v) is 16.4. The van der Waals surface area contributed by atoms with Crippen molar-refractivity contribution < 1.29 is 22.5 Å². The summed E-state index contributed by atoms with van der Waals surface area (Å²) in [6, 6.07) is 14.3. The quantitative estimate of drug-likeness (QED) is 0.452. The van der Waals surface area contributed by atoms with Gasteiger partial charge in [-0.3, -0.25) is 19.6 Å². The fourth-order valence-electron chi connectivity index (χ4n) is 2.62. The third-order valence-electron chi connectivity index (χ3n) is 4.17. The first-order valence-corrected chi connectivity index (χ1v) is 10.1. The number of nitrogens with one attached hydrogen (secondary N) is 2. The number of nitro groups is 1. The van der Waals surface area contributed by atoms with Crippen LogP contribution in [0.5, 0.6) is 0 Å². The number of hydrogen-bond acceptors (Lipinski definition) is 5. The monoisotopic (exact) mass is 429 g/mol. The molecule has 30 heavy (non-hydrogen) atoms. The molecule has 3 aromatic rings. The maximum absolute atomic E-state index is 13.0. The smallest absolute Gasteiger partial charge is 0.274 e. The molecule has 10 heteroatoms. The minimum atomic E-state index is -4.02. The van der Waals surface area contributed by atoms with Crippen LogP contribution in [-0.4, -0.2) is 19.2 Å². The highest BCUT2D eigenvalue weighted by molar-refractivity contribution is 7.92. The summed E-state index contributed by atoms with van der Waals surface area (Å²) in [6.07, 6.45) is 0. The fourth-order valence-corrected chi connectivity index (χ4v) is 3.73. The summed E-state index contributed by atoms with van der Waals surface area (Å²) in [5, 5.41) is 13.6. The molecular weight excluding hydrogens is 413 g/mol. The Bertz CT molecular complexity index is 1230. The molecule has 0 fully saturated rings. The van der Waals surface area contributed by atoms with Crippen molar-refractivity contribution in [1.29, 1.82) is 0 Å². The molecule has 0 bridgehead atoms. The van der Waals surface area contributed by atoms with E-state index in [0.29, 0.717) is 5.56 Å². The lowest BCUT2D eigenvalue weighted by atomic mass is 10.1. The van der Waals surface area contributed by atoms with Gasteiger partial charge in [0.25, 0.3) is 21.6 Å². The van der Waals surface area contributed by atoms with Gasteiger partial charge in [-0.2, -0.15) is 0 Å². The van der Waals surface area contributed by atoms with E-state index < -0.39 is 26.7 Å². The third-order valence-corrected chi connectivity index (χ3v) is 5.55. The predicted octanol–water partition coefficient (Wildman–Crippen LogP) is 4.10. The Labute approximate surface area is 171 Å². The number of halogens is 1. The summed E-state index contributed by atoms with van der Waals surface area (Å²) in [5.74, 6) is -1.14. The van der Waals surface area contributed by atoms with Crippen molar-refractivity contribution in [2.75, 3.05) is 10.0 Å². The summed E-state index contributed by atoms with van der Waals surface area (Å²) >= 11 is 0. The second-order valence-electron chi connectivity index (χ2n) is 6.35. The summed E-state index contributed by atoms with van der Waals surface area (Å²) in [6.45, 7) is 1.58. The van der Waals surface area contributed by atoms with Crippen LogP contribution >= 0.6 is 0 Å². The Morgan fingerprint density at radius 1 is 1.00 bits per heavy atom. The second-order valence-corrected chi connectivity index (χ2v) is 8.04. The molecule has 0 atom stereocenters. The number of benzene rings is 3. The molecule has 0 saturated heterocycles. The molecule has 8 nitrogen and oxygen atoms in total. The van der Waals surface area contributed by atoms with Gasteiger partial charge in [-0.05, 0) is 55.5 Å². The van der Waals surface area contributed by atoms with Crippen LogP contribution in [0.15, 0.2) is 71.6 Å². The van der Waals surface area contributed by atoms with Gasteiger partial charge in [0.2, 0.25) is 0 Å². The molecule has 0 saturated carbocycles. The largest absolute Gasteiger partial charge is 0.322 e. The van der Waals surface area contributed by atoms with Crippen LogP contribution in [-0.2, 0) is 10.0 Å². The molecule has 0 aromatic heterocycles. The summed E-state index contributed by atoms with van der Waals surface area (Å²) in [4.78, 5) is 22.8. The summed E-state index contributed by atoms with van der Waals surface area (Å²) in [5.41, 5.74) is 0.707. The zero-order valence-electron chi connectivity index (χ0n) is 15.6. The van der Waals surface area contributed by atoms with Crippen LogP contribution in [0.2, 0.25) is 0 Å². The van der Waals surface area contributed by atoms with Gasteiger partial charge in [0.15, 0.2) is 0 Å². The van der Waals surface area contributed by atoms with Crippen LogP contribution < -0.4 is 10.0 Å². The number of sulfonamides is 1. The number of nitrogens with zero attached hydrogens (tertiary/aromatic N) is 1. The average Bonchev–Trinajstić information content (AvgIpc) is 2.71. The van der Waals surface area contributed by atoms with Gasteiger partial charge in [0.1, 0.15) is 5.82 Å². The van der Waals surface area contributed by atoms with Crippen LogP contribution in [0, 0.1) is 22.9 Å². The molecule has 0 unspecified atom stereocenters. The molecule has 0 aliphatic heterocycles. The lowest BCUT2D eigenvalue weighted by Crippen LogP contribution is -2.16. The number of rotatable bonds is 6. The van der Waals surface area contributed by atoms with Gasteiger partial charge in [0.05, 0.1) is 9.82 Å². The van der Waals surface area contributed by atoms with E-state index in [-0.39, 0.29) is 27.5 Å². The van der Waals surface area contributed by atoms with Crippen LogP contribution in [0.3, 0.4) is 0 Å². The Morgan fingerprint density at radius 3 is 2.33 bits per heavy atom. The van der Waals surface area contributed by atoms with E-state index in [4.69, 9.17) is 0 Å². The number of carbonyl (C=O) groups excluding carboxylic acids is 1. The van der Waals surface area contributed by atoms with Crippen molar-refractivity contribution >= 4 is 33.0 Å². The highest BCUT2D eigenvalue weighted by atomic mass is 32.2. The highest BCUT2D eigenvalue weighted by Crippen LogP contribution is 2.23. The van der Waals surface area contributed by atoms with Crippen LogP contribution in [0.25, 0.3) is 0 Å². The normalized spacial score (nSPS) is 11.0. The minimum absolute atomic E-state index is 0.0419. The van der Waals surface area contributed by atoms with Gasteiger partial charge in [-0.1, -0.05) is 12.1 Å². The Morgan fingerprint density at radius 2 is 1.67 bits per heavy atom. The van der Waals surface area contributed by atoms with Crippen LogP contribution in [0.4, 0.5) is 21.5 Å². The number of amides is 1. The van der Waals surface area contributed by atoms with E-state index in [1.807, 2.05) is 0 Å². The molecule has 0 heterocycles. The topological polar surface area (TPSA) is 118 Å². The third kappa shape index (κ3) is 4.78. The molecule has 3 rings (SSSR count). The number of carbonyl (C=O) groups is 1. The number of nitro benzene ring substituents is 1. The predicted molar refractivity (Wildman–Crippen MR) is 109 cm³/mol. The van der Waals surface area contributed by atoms with E-state index >= 15 is 0 Å². The van der Waals surface area contributed by atoms with E-state index in [0.717, 1.165) is 12.1 Å². The molecule has 0 aliphatic carbocycles. The van der Waals surface area contributed by atoms with Gasteiger partial charge >= 0.3 is 0 Å². The first-order valence-electron chi connectivity index (χ1n) is 8.60. The molecule has 0 radical (unpaired) electrons. The zero-order chi connectivity index (χ0) is 21.9. The molecule has 0 aliphatic rings. The second kappa shape index (κ2) is 8.29. The molecule has 3 aromatic carbocycles. The SMILES string of the molecule is Cc1ccc(NC(=O)c2cccc(S(=O)(=O)Nc3ccc(F)cc3)c2)cc1[N+](=O)[O-]. The lowest BCUT2D eigenvalue weighted by molar-refractivity contribution is -0.385. The molecule has 2 N–H and O–H groups in total. The molecular formula is C20H16FN3O5S. The van der Waals surface area contributed by atoms with Crippen molar-refractivity contribution in [3.63, 3.8) is 0 Å². The van der Waals surface area contributed by atoms with E-state index in [1.165, 1.54) is 54.6 Å². The summed E-state index contributed by atoms with van der Waals surface area (Å²) in [7, 11) is -4.02. The Hall–Kier alpha value is -3.79. The Balaban J connectivity index is 1.82. The van der Waals surface area contributed by atoms with E-state index in [2.05, 4.69) is 10.0 Å². The van der Waals surface area contributed by atoms with Crippen molar-refractivity contribution in [3.05, 3.63) is 93.8 Å². The van der Waals surface area contributed by atoms with Gasteiger partial charge in [0, 0.05) is 28.6 Å². The van der Waals surface area contributed by atoms with Gasteiger partial charge in [-0.25, -0.2) is 12.8 Å². The number of hydrogen-bond donors (Lipinski definition) is 2. The van der Waals surface area contributed by atoms with E-state index in [1.54, 1.807) is 6.92 Å². The highest BCUT2D eigenvalue weighted by Gasteiger charge is 2.18. The van der Waals surface area contributed by atoms with Gasteiger partial charge in [-0.15, -0.1) is 0 Å². The number of anilines is 2. The van der Waals surface area contributed by atoms with Crippen molar-refractivity contribution in [1.82, 2.24) is 0 Å². The molecule has 1 amide bonds. The Kier molecular flexibility index (Phi) is 5.79. The van der Waals surface area contributed by atoms with Gasteiger partial charge < -0.3 is 5.32 Å². The maximum Gasteiger partial charge on any atom is 0.274 e. The van der Waals surface area contributed by atoms with Crippen molar-refractivity contribution in [2.45, 2.75) is 11.8 Å². The lowest BCUT2D eigenvalue weighted by Gasteiger charge is -2.10. The summed E-state index contributed by atoms with van der Waals surface area (Å²) < 4.78 is 40.4. The molecule has 0 spiro atoms. The average molecular weight is 429 g/mol. The minimum Gasteiger partial charge on any atom is -0.322 e. The maximum atomic E-state index is 13.0. The van der Waals surface area contributed by atoms with Crippen LogP contribution in [0.1, 0.15) is 15.9 Å². The van der Waals surface area contributed by atoms with Crippen molar-refractivity contribution in [2.24, 2.45) is 0 Å². The standard InChI is InChI=1S/C20H16FN3O5S/c1-13-5-8-17(12-19(13)24(26)27)22-20(25)14-3-2-4-18(11-14)30(28,29)23-16-9-6-15(21)7-10-16/h2-12,23H,1H3,(H,22,25). The fraction of sp³-hybridized carbons (Fsp3) is 0.0500. The van der Waals surface area contributed by atoms with Crippen molar-refractivity contribution in [3.8, 4) is 0 Å². The number of aryl methyl sites for hydroxylation is 1. The van der Waals surface area contributed by atoms with E-state index in [9.17, 15) is 27.7 Å². The first-order chi connectivity index (χ1) is 14.2.